The number of halogens is 4. The van der Waals surface area contributed by atoms with Crippen LogP contribution in [0.25, 0.3) is 0 Å². The smallest absolute Gasteiger partial charge is 0.399 e. The standard InChI is InChI=1S/C13H10ClF3N2/c14-8-2-1-3-10(6-8)19-12-5-4-9(18)7-11(12)13(15,16)17/h1-7,19H,18H2. The van der Waals surface area contributed by atoms with Crippen molar-refractivity contribution in [1.82, 2.24) is 0 Å². The van der Waals surface area contributed by atoms with Gasteiger partial charge in [-0.15, -0.1) is 0 Å². The monoisotopic (exact) mass is 286 g/mol. The first-order chi connectivity index (χ1) is 8.86. The molecule has 2 rings (SSSR count). The second-order valence-electron chi connectivity index (χ2n) is 3.94. The van der Waals surface area contributed by atoms with E-state index >= 15 is 0 Å². The van der Waals surface area contributed by atoms with E-state index in [4.69, 9.17) is 17.3 Å². The highest BCUT2D eigenvalue weighted by atomic mass is 35.5. The van der Waals surface area contributed by atoms with Crippen LogP contribution in [0.1, 0.15) is 5.56 Å². The van der Waals surface area contributed by atoms with E-state index < -0.39 is 11.7 Å². The predicted octanol–water partition coefficient (Wildman–Crippen LogP) is 4.68. The Hall–Kier alpha value is -1.88. The van der Waals surface area contributed by atoms with Gasteiger partial charge in [0.25, 0.3) is 0 Å². The minimum Gasteiger partial charge on any atom is -0.399 e. The highest BCUT2D eigenvalue weighted by Gasteiger charge is 2.33. The summed E-state index contributed by atoms with van der Waals surface area (Å²) in [4.78, 5) is 0. The normalized spacial score (nSPS) is 11.4. The molecule has 0 unspecified atom stereocenters. The van der Waals surface area contributed by atoms with Gasteiger partial charge in [0, 0.05) is 16.4 Å². The molecule has 0 fully saturated rings. The highest BCUT2D eigenvalue weighted by Crippen LogP contribution is 2.37. The van der Waals surface area contributed by atoms with Gasteiger partial charge in [-0.2, -0.15) is 13.2 Å². The fourth-order valence-corrected chi connectivity index (χ4v) is 1.82. The molecule has 2 aromatic rings. The quantitative estimate of drug-likeness (QED) is 0.786. The van der Waals surface area contributed by atoms with Crippen LogP contribution >= 0.6 is 11.6 Å². The Kier molecular flexibility index (Phi) is 3.57. The molecule has 0 bridgehead atoms. The molecule has 0 heterocycles. The third-order valence-corrected chi connectivity index (χ3v) is 2.69. The van der Waals surface area contributed by atoms with Gasteiger partial charge >= 0.3 is 6.18 Å². The van der Waals surface area contributed by atoms with E-state index in [2.05, 4.69) is 5.32 Å². The van der Waals surface area contributed by atoms with Gasteiger partial charge in [-0.25, -0.2) is 0 Å². The van der Waals surface area contributed by atoms with Crippen LogP contribution in [0.15, 0.2) is 42.5 Å². The van der Waals surface area contributed by atoms with Gasteiger partial charge in [-0.3, -0.25) is 0 Å². The minimum absolute atomic E-state index is 0.0592. The third-order valence-electron chi connectivity index (χ3n) is 2.45. The van der Waals surface area contributed by atoms with Gasteiger partial charge < -0.3 is 11.1 Å². The Morgan fingerprint density at radius 2 is 1.79 bits per heavy atom. The minimum atomic E-state index is -4.48. The molecule has 0 aliphatic carbocycles. The summed E-state index contributed by atoms with van der Waals surface area (Å²) >= 11 is 5.78. The maximum absolute atomic E-state index is 12.9. The third kappa shape index (κ3) is 3.32. The van der Waals surface area contributed by atoms with Gasteiger partial charge in [-0.05, 0) is 36.4 Å². The van der Waals surface area contributed by atoms with Crippen LogP contribution in [0.4, 0.5) is 30.2 Å². The zero-order valence-corrected chi connectivity index (χ0v) is 10.4. The molecule has 0 atom stereocenters. The molecule has 0 aliphatic heterocycles. The second-order valence-corrected chi connectivity index (χ2v) is 4.37. The van der Waals surface area contributed by atoms with E-state index in [1.165, 1.54) is 18.2 Å². The molecular weight excluding hydrogens is 277 g/mol. The van der Waals surface area contributed by atoms with Gasteiger partial charge in [0.2, 0.25) is 0 Å². The maximum Gasteiger partial charge on any atom is 0.418 e. The van der Waals surface area contributed by atoms with Gasteiger partial charge in [0.1, 0.15) is 0 Å². The summed E-state index contributed by atoms with van der Waals surface area (Å²) in [6, 6.07) is 10.0. The van der Waals surface area contributed by atoms with Crippen LogP contribution in [0.2, 0.25) is 5.02 Å². The number of nitrogens with two attached hydrogens (primary N) is 1. The highest BCUT2D eigenvalue weighted by molar-refractivity contribution is 6.30. The molecule has 6 heteroatoms. The summed E-state index contributed by atoms with van der Waals surface area (Å²) in [5, 5.41) is 3.13. The summed E-state index contributed by atoms with van der Waals surface area (Å²) in [5.41, 5.74) is 5.05. The summed E-state index contributed by atoms with van der Waals surface area (Å²) < 4.78 is 38.7. The van der Waals surface area contributed by atoms with Crippen molar-refractivity contribution < 1.29 is 13.2 Å². The van der Waals surface area contributed by atoms with Crippen molar-refractivity contribution >= 4 is 28.7 Å². The van der Waals surface area contributed by atoms with E-state index in [1.54, 1.807) is 18.2 Å². The molecule has 0 saturated heterocycles. The van der Waals surface area contributed by atoms with E-state index in [9.17, 15) is 13.2 Å². The topological polar surface area (TPSA) is 38.0 Å². The van der Waals surface area contributed by atoms with E-state index in [1.807, 2.05) is 0 Å². The Morgan fingerprint density at radius 3 is 2.42 bits per heavy atom. The number of hydrogen-bond donors (Lipinski definition) is 2. The zero-order chi connectivity index (χ0) is 14.0. The number of hydrogen-bond acceptors (Lipinski definition) is 2. The molecule has 100 valence electrons. The van der Waals surface area contributed by atoms with Crippen molar-refractivity contribution in [3.05, 3.63) is 53.1 Å². The lowest BCUT2D eigenvalue weighted by Gasteiger charge is -2.15. The van der Waals surface area contributed by atoms with Crippen LogP contribution in [0.5, 0.6) is 0 Å². The average Bonchev–Trinajstić information content (AvgIpc) is 2.30. The molecule has 3 N–H and O–H groups in total. The summed E-state index contributed by atoms with van der Waals surface area (Å²) in [7, 11) is 0. The Labute approximate surface area is 113 Å². The van der Waals surface area contributed by atoms with Crippen molar-refractivity contribution in [3.8, 4) is 0 Å². The first kappa shape index (κ1) is 13.5. The number of nitrogen functional groups attached to an aromatic ring is 1. The first-order valence-electron chi connectivity index (χ1n) is 5.35. The van der Waals surface area contributed by atoms with Gasteiger partial charge in [-0.1, -0.05) is 17.7 Å². The average molecular weight is 287 g/mol. The van der Waals surface area contributed by atoms with Crippen molar-refractivity contribution in [3.63, 3.8) is 0 Å². The number of alkyl halides is 3. The molecule has 0 saturated carbocycles. The lowest BCUT2D eigenvalue weighted by atomic mass is 10.1. The summed E-state index contributed by atoms with van der Waals surface area (Å²) in [5.74, 6) is 0. The summed E-state index contributed by atoms with van der Waals surface area (Å²) in [6.45, 7) is 0. The Balaban J connectivity index is 2.40. The zero-order valence-electron chi connectivity index (χ0n) is 9.63. The molecule has 0 amide bonds. The predicted molar refractivity (Wildman–Crippen MR) is 70.6 cm³/mol. The van der Waals surface area contributed by atoms with Crippen LogP contribution in [0.3, 0.4) is 0 Å². The Morgan fingerprint density at radius 1 is 1.05 bits per heavy atom. The molecule has 2 aromatic carbocycles. The number of benzene rings is 2. The Bertz CT molecular complexity index is 597. The SMILES string of the molecule is Nc1ccc(Nc2cccc(Cl)c2)c(C(F)(F)F)c1. The van der Waals surface area contributed by atoms with Crippen LogP contribution < -0.4 is 11.1 Å². The van der Waals surface area contributed by atoms with Gasteiger partial charge in [0.05, 0.1) is 11.3 Å². The fourth-order valence-electron chi connectivity index (χ4n) is 1.63. The van der Waals surface area contributed by atoms with Crippen molar-refractivity contribution in [2.24, 2.45) is 0 Å². The largest absolute Gasteiger partial charge is 0.418 e. The molecule has 2 nitrogen and oxygen atoms in total. The van der Waals surface area contributed by atoms with Crippen LogP contribution in [-0.4, -0.2) is 0 Å². The molecule has 0 aliphatic rings. The lowest BCUT2D eigenvalue weighted by Crippen LogP contribution is -2.09. The summed E-state index contributed by atoms with van der Waals surface area (Å²) in [6.07, 6.45) is -4.48. The molecule has 0 aromatic heterocycles. The second kappa shape index (κ2) is 5.01. The number of nitrogens with one attached hydrogen (secondary N) is 1. The first-order valence-corrected chi connectivity index (χ1v) is 5.73. The fraction of sp³-hybridized carbons (Fsp3) is 0.0769. The van der Waals surface area contributed by atoms with E-state index in [0.29, 0.717) is 10.7 Å². The molecule has 0 radical (unpaired) electrons. The molecule has 19 heavy (non-hydrogen) atoms. The maximum atomic E-state index is 12.9. The number of rotatable bonds is 2. The molecular formula is C13H10ClF3N2. The van der Waals surface area contributed by atoms with Crippen LogP contribution in [0, 0.1) is 0 Å². The number of anilines is 3. The van der Waals surface area contributed by atoms with Crippen LogP contribution in [-0.2, 0) is 6.18 Å². The van der Waals surface area contributed by atoms with E-state index in [0.717, 1.165) is 6.07 Å². The van der Waals surface area contributed by atoms with Crippen molar-refractivity contribution in [2.75, 3.05) is 11.1 Å². The van der Waals surface area contributed by atoms with Gasteiger partial charge in [0.15, 0.2) is 0 Å². The molecule has 0 spiro atoms. The van der Waals surface area contributed by atoms with Crippen molar-refractivity contribution in [1.29, 1.82) is 0 Å². The van der Waals surface area contributed by atoms with E-state index in [-0.39, 0.29) is 11.4 Å². The lowest BCUT2D eigenvalue weighted by molar-refractivity contribution is -0.136. The van der Waals surface area contributed by atoms with Crippen molar-refractivity contribution in [2.45, 2.75) is 6.18 Å².